The normalized spacial score (nSPS) is 12.0. The van der Waals surface area contributed by atoms with Crippen molar-refractivity contribution < 1.29 is 19.1 Å². The number of carboxylic acids is 1. The lowest BCUT2D eigenvalue weighted by molar-refractivity contribution is 0.0694. The number of nitrogens with zero attached hydrogens (tertiary/aromatic N) is 2. The molecule has 0 spiro atoms. The summed E-state index contributed by atoms with van der Waals surface area (Å²) in [6, 6.07) is 2.33. The van der Waals surface area contributed by atoms with Gasteiger partial charge in [-0.05, 0) is 32.9 Å². The van der Waals surface area contributed by atoms with E-state index in [4.69, 9.17) is 9.52 Å². The molecule has 0 saturated carbocycles. The van der Waals surface area contributed by atoms with Gasteiger partial charge in [-0.3, -0.25) is 4.79 Å². The van der Waals surface area contributed by atoms with E-state index in [1.165, 1.54) is 12.1 Å². The molecule has 0 saturated heterocycles. The minimum Gasteiger partial charge on any atom is -0.478 e. The molecule has 1 amide bonds. The van der Waals surface area contributed by atoms with Gasteiger partial charge in [-0.15, -0.1) is 0 Å². The van der Waals surface area contributed by atoms with Gasteiger partial charge in [0, 0.05) is 0 Å². The van der Waals surface area contributed by atoms with E-state index in [1.54, 1.807) is 27.0 Å². The van der Waals surface area contributed by atoms with Crippen molar-refractivity contribution in [2.24, 2.45) is 0 Å². The van der Waals surface area contributed by atoms with Crippen LogP contribution < -0.4 is 5.32 Å². The van der Waals surface area contributed by atoms with Crippen LogP contribution in [0.3, 0.4) is 0 Å². The second-order valence-electron chi connectivity index (χ2n) is 4.64. The fourth-order valence-corrected chi connectivity index (χ4v) is 1.82. The Balaban J connectivity index is 2.13. The molecule has 2 rings (SSSR count). The van der Waals surface area contributed by atoms with Gasteiger partial charge in [0.05, 0.1) is 17.5 Å². The summed E-state index contributed by atoms with van der Waals surface area (Å²) in [6.07, 6.45) is 1.57. The SMILES string of the molecule is Cc1cnc(C(C)NC(=O)c2ccc(C(=O)O)c(C)n2)o1. The number of carbonyl (C=O) groups is 2. The Morgan fingerprint density at radius 2 is 2.05 bits per heavy atom. The maximum absolute atomic E-state index is 12.1. The quantitative estimate of drug-likeness (QED) is 0.890. The number of aromatic carboxylic acids is 1. The van der Waals surface area contributed by atoms with Crippen molar-refractivity contribution >= 4 is 11.9 Å². The van der Waals surface area contributed by atoms with Crippen molar-refractivity contribution in [1.29, 1.82) is 0 Å². The smallest absolute Gasteiger partial charge is 0.337 e. The minimum atomic E-state index is -1.07. The first-order valence-electron chi connectivity index (χ1n) is 6.32. The fraction of sp³-hybridized carbons (Fsp3) is 0.286. The van der Waals surface area contributed by atoms with Gasteiger partial charge >= 0.3 is 5.97 Å². The molecule has 0 bridgehead atoms. The van der Waals surface area contributed by atoms with Gasteiger partial charge < -0.3 is 14.8 Å². The summed E-state index contributed by atoms with van der Waals surface area (Å²) >= 11 is 0. The number of rotatable bonds is 4. The molecule has 2 aromatic rings. The van der Waals surface area contributed by atoms with E-state index in [9.17, 15) is 9.59 Å². The number of hydrogen-bond acceptors (Lipinski definition) is 5. The van der Waals surface area contributed by atoms with Gasteiger partial charge in [-0.2, -0.15) is 0 Å². The van der Waals surface area contributed by atoms with Gasteiger partial charge in [0.2, 0.25) is 5.89 Å². The Kier molecular flexibility index (Phi) is 4.02. The average Bonchev–Trinajstić information content (AvgIpc) is 2.84. The third kappa shape index (κ3) is 3.25. The lowest BCUT2D eigenvalue weighted by Crippen LogP contribution is -2.28. The second-order valence-corrected chi connectivity index (χ2v) is 4.64. The van der Waals surface area contributed by atoms with Crippen LogP contribution in [0.1, 0.15) is 51.2 Å². The van der Waals surface area contributed by atoms with Crippen LogP contribution in [0.5, 0.6) is 0 Å². The van der Waals surface area contributed by atoms with E-state index >= 15 is 0 Å². The molecular formula is C14H15N3O4. The largest absolute Gasteiger partial charge is 0.478 e. The summed E-state index contributed by atoms with van der Waals surface area (Å²) in [4.78, 5) is 31.0. The first-order chi connectivity index (χ1) is 9.88. The van der Waals surface area contributed by atoms with E-state index in [2.05, 4.69) is 15.3 Å². The zero-order valence-corrected chi connectivity index (χ0v) is 11.9. The predicted octanol–water partition coefficient (Wildman–Crippen LogP) is 1.88. The van der Waals surface area contributed by atoms with Crippen LogP contribution >= 0.6 is 0 Å². The number of aryl methyl sites for hydroxylation is 2. The highest BCUT2D eigenvalue weighted by Crippen LogP contribution is 2.13. The van der Waals surface area contributed by atoms with Crippen LogP contribution in [0.15, 0.2) is 22.7 Å². The van der Waals surface area contributed by atoms with E-state index in [1.807, 2.05) is 0 Å². The standard InChI is InChI=1S/C14H15N3O4/c1-7-6-15-13(21-7)9(3)17-12(18)11-5-4-10(14(19)20)8(2)16-11/h4-6,9H,1-3H3,(H,17,18)(H,19,20). The lowest BCUT2D eigenvalue weighted by atomic mass is 10.2. The van der Waals surface area contributed by atoms with Gasteiger partial charge in [0.25, 0.3) is 5.91 Å². The van der Waals surface area contributed by atoms with Crippen LogP contribution in [0, 0.1) is 13.8 Å². The van der Waals surface area contributed by atoms with Crippen molar-refractivity contribution in [2.75, 3.05) is 0 Å². The van der Waals surface area contributed by atoms with E-state index < -0.39 is 17.9 Å². The number of amides is 1. The Bertz CT molecular complexity index is 693. The average molecular weight is 289 g/mol. The summed E-state index contributed by atoms with van der Waals surface area (Å²) in [5.41, 5.74) is 0.505. The fourth-order valence-electron chi connectivity index (χ4n) is 1.82. The van der Waals surface area contributed by atoms with Crippen LogP contribution in [0.4, 0.5) is 0 Å². The van der Waals surface area contributed by atoms with Gasteiger partial charge in [-0.1, -0.05) is 0 Å². The Morgan fingerprint density at radius 1 is 1.33 bits per heavy atom. The summed E-state index contributed by atoms with van der Waals surface area (Å²) in [5, 5.41) is 11.6. The minimum absolute atomic E-state index is 0.0722. The monoisotopic (exact) mass is 289 g/mol. The molecule has 2 aromatic heterocycles. The molecule has 110 valence electrons. The molecule has 2 N–H and O–H groups in total. The van der Waals surface area contributed by atoms with Crippen LogP contribution in [-0.4, -0.2) is 27.0 Å². The second kappa shape index (κ2) is 5.74. The van der Waals surface area contributed by atoms with Gasteiger partial charge in [0.1, 0.15) is 17.5 Å². The van der Waals surface area contributed by atoms with Gasteiger partial charge in [-0.25, -0.2) is 14.8 Å². The third-order valence-electron chi connectivity index (χ3n) is 2.91. The molecule has 7 nitrogen and oxygen atoms in total. The molecule has 0 radical (unpaired) electrons. The van der Waals surface area contributed by atoms with Crippen molar-refractivity contribution in [3.8, 4) is 0 Å². The highest BCUT2D eigenvalue weighted by Gasteiger charge is 2.18. The number of hydrogen-bond donors (Lipinski definition) is 2. The highest BCUT2D eigenvalue weighted by molar-refractivity contribution is 5.94. The zero-order valence-electron chi connectivity index (χ0n) is 11.9. The first kappa shape index (κ1) is 14.7. The Morgan fingerprint density at radius 3 is 2.57 bits per heavy atom. The van der Waals surface area contributed by atoms with Crippen molar-refractivity contribution in [3.05, 3.63) is 46.9 Å². The zero-order chi connectivity index (χ0) is 15.6. The van der Waals surface area contributed by atoms with Crippen molar-refractivity contribution in [1.82, 2.24) is 15.3 Å². The number of carbonyl (C=O) groups excluding carboxylic acids is 1. The van der Waals surface area contributed by atoms with Crippen LogP contribution in [0.25, 0.3) is 0 Å². The molecule has 21 heavy (non-hydrogen) atoms. The van der Waals surface area contributed by atoms with Crippen molar-refractivity contribution in [2.45, 2.75) is 26.8 Å². The molecule has 0 aliphatic rings. The molecule has 0 aliphatic carbocycles. The molecule has 0 fully saturated rings. The van der Waals surface area contributed by atoms with Crippen LogP contribution in [0.2, 0.25) is 0 Å². The lowest BCUT2D eigenvalue weighted by Gasteiger charge is -2.10. The van der Waals surface area contributed by atoms with Crippen molar-refractivity contribution in [3.63, 3.8) is 0 Å². The van der Waals surface area contributed by atoms with Crippen LogP contribution in [-0.2, 0) is 0 Å². The Hall–Kier alpha value is -2.70. The number of carboxylic acid groups (broad SMARTS) is 1. The first-order valence-corrected chi connectivity index (χ1v) is 6.32. The van der Waals surface area contributed by atoms with E-state index in [-0.39, 0.29) is 17.0 Å². The summed E-state index contributed by atoms with van der Waals surface area (Å²) in [7, 11) is 0. The maximum atomic E-state index is 12.1. The highest BCUT2D eigenvalue weighted by atomic mass is 16.4. The maximum Gasteiger partial charge on any atom is 0.337 e. The van der Waals surface area contributed by atoms with E-state index in [0.29, 0.717) is 11.7 Å². The number of oxazole rings is 1. The molecule has 0 aliphatic heterocycles. The number of aromatic nitrogens is 2. The summed E-state index contributed by atoms with van der Waals surface area (Å²) in [5.74, 6) is -0.431. The third-order valence-corrected chi connectivity index (χ3v) is 2.91. The van der Waals surface area contributed by atoms with Gasteiger partial charge in [0.15, 0.2) is 0 Å². The number of nitrogens with one attached hydrogen (secondary N) is 1. The summed E-state index contributed by atoms with van der Waals surface area (Å²) < 4.78 is 5.33. The molecule has 7 heteroatoms. The predicted molar refractivity (Wildman–Crippen MR) is 73.1 cm³/mol. The van der Waals surface area contributed by atoms with E-state index in [0.717, 1.165) is 0 Å². The molecular weight excluding hydrogens is 274 g/mol. The molecule has 1 unspecified atom stereocenters. The topological polar surface area (TPSA) is 105 Å². The molecule has 0 aromatic carbocycles. The molecule has 1 atom stereocenters. The Labute approximate surface area is 121 Å². The molecule has 2 heterocycles. The number of pyridine rings is 1. The summed E-state index contributed by atoms with van der Waals surface area (Å²) in [6.45, 7) is 5.04.